The molecule has 0 radical (unpaired) electrons. The van der Waals surface area contributed by atoms with Crippen molar-refractivity contribution in [1.82, 2.24) is 19.7 Å². The third kappa shape index (κ3) is 3.99. The van der Waals surface area contributed by atoms with Gasteiger partial charge in [0.05, 0.1) is 11.6 Å². The SMILES string of the molecule is Cn1ncc2c(Nc3ccc(F)c(F)c3)nc(NCC(N)c3ccccc3)nc21. The molecule has 7 nitrogen and oxygen atoms in total. The summed E-state index contributed by atoms with van der Waals surface area (Å²) in [4.78, 5) is 8.95. The molecule has 2 aromatic carbocycles. The second-order valence-electron chi connectivity index (χ2n) is 6.55. The predicted octanol–water partition coefficient (Wildman–Crippen LogP) is 3.50. The molecule has 29 heavy (non-hydrogen) atoms. The van der Waals surface area contributed by atoms with Crippen LogP contribution in [0.4, 0.5) is 26.2 Å². The quantitative estimate of drug-likeness (QED) is 0.463. The van der Waals surface area contributed by atoms with E-state index in [9.17, 15) is 8.78 Å². The van der Waals surface area contributed by atoms with Crippen LogP contribution in [0, 0.1) is 11.6 Å². The van der Waals surface area contributed by atoms with Gasteiger partial charge >= 0.3 is 0 Å². The number of benzene rings is 2. The summed E-state index contributed by atoms with van der Waals surface area (Å²) in [6, 6.07) is 13.0. The van der Waals surface area contributed by atoms with Gasteiger partial charge in [0, 0.05) is 31.4 Å². The van der Waals surface area contributed by atoms with E-state index in [1.54, 1.807) is 17.9 Å². The Kier molecular flexibility index (Phi) is 5.05. The largest absolute Gasteiger partial charge is 0.352 e. The van der Waals surface area contributed by atoms with Crippen molar-refractivity contribution >= 4 is 28.5 Å². The molecule has 2 aromatic heterocycles. The molecule has 0 aliphatic carbocycles. The molecular weight excluding hydrogens is 376 g/mol. The van der Waals surface area contributed by atoms with Gasteiger partial charge in [-0.05, 0) is 17.7 Å². The molecule has 9 heteroatoms. The Labute approximate surface area is 165 Å². The van der Waals surface area contributed by atoms with Crippen LogP contribution in [-0.4, -0.2) is 26.3 Å². The van der Waals surface area contributed by atoms with Gasteiger partial charge in [-0.15, -0.1) is 0 Å². The van der Waals surface area contributed by atoms with Gasteiger partial charge in [-0.1, -0.05) is 30.3 Å². The first-order valence-corrected chi connectivity index (χ1v) is 8.97. The number of halogens is 2. The second kappa shape index (κ2) is 7.80. The van der Waals surface area contributed by atoms with Gasteiger partial charge in [0.25, 0.3) is 0 Å². The lowest BCUT2D eigenvalue weighted by molar-refractivity contribution is 0.509. The summed E-state index contributed by atoms with van der Waals surface area (Å²) >= 11 is 0. The monoisotopic (exact) mass is 395 g/mol. The van der Waals surface area contributed by atoms with Gasteiger partial charge in [0.15, 0.2) is 17.3 Å². The van der Waals surface area contributed by atoms with Crippen molar-refractivity contribution in [3.05, 3.63) is 71.9 Å². The molecule has 148 valence electrons. The predicted molar refractivity (Wildman–Crippen MR) is 108 cm³/mol. The lowest BCUT2D eigenvalue weighted by Gasteiger charge is -2.14. The number of hydrogen-bond acceptors (Lipinski definition) is 6. The zero-order valence-electron chi connectivity index (χ0n) is 15.6. The molecule has 0 spiro atoms. The lowest BCUT2D eigenvalue weighted by atomic mass is 10.1. The molecular formula is C20H19F2N7. The van der Waals surface area contributed by atoms with Crippen LogP contribution in [-0.2, 0) is 7.05 Å². The van der Waals surface area contributed by atoms with Crippen LogP contribution in [0.2, 0.25) is 0 Å². The third-order valence-corrected chi connectivity index (χ3v) is 4.48. The maximum Gasteiger partial charge on any atom is 0.226 e. The molecule has 0 saturated heterocycles. The van der Waals surface area contributed by atoms with Crippen LogP contribution in [0.25, 0.3) is 11.0 Å². The fourth-order valence-electron chi connectivity index (χ4n) is 2.93. The maximum atomic E-state index is 13.6. The zero-order chi connectivity index (χ0) is 20.4. The van der Waals surface area contributed by atoms with Gasteiger partial charge in [-0.2, -0.15) is 15.1 Å². The van der Waals surface area contributed by atoms with E-state index in [0.717, 1.165) is 17.7 Å². The number of aryl methyl sites for hydroxylation is 1. The van der Waals surface area contributed by atoms with Crippen LogP contribution in [0.3, 0.4) is 0 Å². The molecule has 0 fully saturated rings. The summed E-state index contributed by atoms with van der Waals surface area (Å²) in [7, 11) is 1.76. The third-order valence-electron chi connectivity index (χ3n) is 4.48. The van der Waals surface area contributed by atoms with E-state index in [-0.39, 0.29) is 6.04 Å². The van der Waals surface area contributed by atoms with Crippen molar-refractivity contribution in [2.24, 2.45) is 12.8 Å². The molecule has 0 saturated carbocycles. The minimum Gasteiger partial charge on any atom is -0.352 e. The van der Waals surface area contributed by atoms with Gasteiger partial charge in [0.2, 0.25) is 5.95 Å². The summed E-state index contributed by atoms with van der Waals surface area (Å²) in [6.07, 6.45) is 1.61. The van der Waals surface area contributed by atoms with E-state index in [0.29, 0.717) is 35.0 Å². The Morgan fingerprint density at radius 2 is 1.86 bits per heavy atom. The Balaban J connectivity index is 1.61. The minimum absolute atomic E-state index is 0.246. The number of rotatable bonds is 6. The van der Waals surface area contributed by atoms with E-state index in [1.807, 2.05) is 30.3 Å². The molecule has 0 bridgehead atoms. The zero-order valence-corrected chi connectivity index (χ0v) is 15.6. The van der Waals surface area contributed by atoms with E-state index in [2.05, 4.69) is 25.7 Å². The number of aromatic nitrogens is 4. The number of anilines is 3. The molecule has 1 unspecified atom stereocenters. The Morgan fingerprint density at radius 1 is 1.07 bits per heavy atom. The summed E-state index contributed by atoms with van der Waals surface area (Å²) in [5, 5.41) is 11.0. The van der Waals surface area contributed by atoms with Crippen LogP contribution >= 0.6 is 0 Å². The molecule has 4 N–H and O–H groups in total. The highest BCUT2D eigenvalue weighted by Crippen LogP contribution is 2.26. The van der Waals surface area contributed by atoms with Crippen molar-refractivity contribution < 1.29 is 8.78 Å². The minimum atomic E-state index is -0.946. The number of fused-ring (bicyclic) bond motifs is 1. The second-order valence-corrected chi connectivity index (χ2v) is 6.55. The summed E-state index contributed by atoms with van der Waals surface area (Å²) in [5.41, 5.74) is 8.16. The number of nitrogens with zero attached hydrogens (tertiary/aromatic N) is 4. The first kappa shape index (κ1) is 18.8. The van der Waals surface area contributed by atoms with Gasteiger partial charge in [-0.3, -0.25) is 4.68 Å². The summed E-state index contributed by atoms with van der Waals surface area (Å²) in [6.45, 7) is 0.415. The Morgan fingerprint density at radius 3 is 2.62 bits per heavy atom. The van der Waals surface area contributed by atoms with Crippen molar-refractivity contribution in [3.8, 4) is 0 Å². The first-order chi connectivity index (χ1) is 14.0. The van der Waals surface area contributed by atoms with Crippen LogP contribution < -0.4 is 16.4 Å². The molecule has 0 aliphatic heterocycles. The van der Waals surface area contributed by atoms with Crippen molar-refractivity contribution in [2.45, 2.75) is 6.04 Å². The highest BCUT2D eigenvalue weighted by molar-refractivity contribution is 5.89. The highest BCUT2D eigenvalue weighted by Gasteiger charge is 2.14. The topological polar surface area (TPSA) is 93.7 Å². The van der Waals surface area contributed by atoms with Crippen LogP contribution in [0.5, 0.6) is 0 Å². The smallest absolute Gasteiger partial charge is 0.226 e. The highest BCUT2D eigenvalue weighted by atomic mass is 19.2. The average molecular weight is 395 g/mol. The molecule has 4 aromatic rings. The summed E-state index contributed by atoms with van der Waals surface area (Å²) < 4.78 is 28.4. The molecule has 4 rings (SSSR count). The fourth-order valence-corrected chi connectivity index (χ4v) is 2.93. The van der Waals surface area contributed by atoms with Crippen LogP contribution in [0.1, 0.15) is 11.6 Å². The normalized spacial score (nSPS) is 12.1. The Hall–Kier alpha value is -3.59. The van der Waals surface area contributed by atoms with Crippen molar-refractivity contribution in [1.29, 1.82) is 0 Å². The van der Waals surface area contributed by atoms with E-state index in [1.165, 1.54) is 6.07 Å². The van der Waals surface area contributed by atoms with Gasteiger partial charge < -0.3 is 16.4 Å². The lowest BCUT2D eigenvalue weighted by Crippen LogP contribution is -2.21. The molecule has 1 atom stereocenters. The number of nitrogens with two attached hydrogens (primary N) is 1. The molecule has 0 aliphatic rings. The molecule has 2 heterocycles. The standard InChI is InChI=1S/C20H19F2N7/c1-29-19-14(10-25-29)18(26-13-7-8-15(21)16(22)9-13)27-20(28-19)24-11-17(23)12-5-3-2-4-6-12/h2-10,17H,11,23H2,1H3,(H2,24,26,27,28). The van der Waals surface area contributed by atoms with E-state index >= 15 is 0 Å². The van der Waals surface area contributed by atoms with Gasteiger partial charge in [0.1, 0.15) is 5.82 Å². The molecule has 0 amide bonds. The number of hydrogen-bond donors (Lipinski definition) is 3. The van der Waals surface area contributed by atoms with Gasteiger partial charge in [-0.25, -0.2) is 8.78 Å². The van der Waals surface area contributed by atoms with Crippen LogP contribution in [0.15, 0.2) is 54.7 Å². The summed E-state index contributed by atoms with van der Waals surface area (Å²) in [5.74, 6) is -1.09. The Bertz CT molecular complexity index is 1140. The fraction of sp³-hybridized carbons (Fsp3) is 0.150. The van der Waals surface area contributed by atoms with Crippen molar-refractivity contribution in [3.63, 3.8) is 0 Å². The van der Waals surface area contributed by atoms with Crippen molar-refractivity contribution in [2.75, 3.05) is 17.2 Å². The number of nitrogens with one attached hydrogen (secondary N) is 2. The van der Waals surface area contributed by atoms with E-state index < -0.39 is 11.6 Å². The first-order valence-electron chi connectivity index (χ1n) is 8.97. The average Bonchev–Trinajstić information content (AvgIpc) is 3.11. The maximum absolute atomic E-state index is 13.6. The van der Waals surface area contributed by atoms with E-state index in [4.69, 9.17) is 5.73 Å².